The van der Waals surface area contributed by atoms with Crippen LogP contribution in [0.25, 0.3) is 0 Å². The lowest BCUT2D eigenvalue weighted by atomic mass is 10.1. The summed E-state index contributed by atoms with van der Waals surface area (Å²) >= 11 is 9.63. The number of nitrogens with one attached hydrogen (secondary N) is 2. The molecular formula is C23H23BrClN3O5S. The van der Waals surface area contributed by atoms with Crippen molar-refractivity contribution in [1.82, 2.24) is 10.3 Å². The van der Waals surface area contributed by atoms with Crippen LogP contribution in [0.3, 0.4) is 0 Å². The number of sulfonamides is 1. The van der Waals surface area contributed by atoms with Crippen molar-refractivity contribution in [2.24, 2.45) is 0 Å². The molecule has 0 bridgehead atoms. The second-order valence-corrected chi connectivity index (χ2v) is 10.9. The van der Waals surface area contributed by atoms with Gasteiger partial charge in [0.1, 0.15) is 27.7 Å². The molecule has 11 heteroatoms. The Labute approximate surface area is 211 Å². The number of pyridine rings is 1. The fourth-order valence-corrected chi connectivity index (χ4v) is 5.15. The summed E-state index contributed by atoms with van der Waals surface area (Å²) in [6.45, 7) is 3.52. The Morgan fingerprint density at radius 2 is 1.88 bits per heavy atom. The van der Waals surface area contributed by atoms with Gasteiger partial charge in [0.05, 0.1) is 28.5 Å². The summed E-state index contributed by atoms with van der Waals surface area (Å²) < 4.78 is 45.9. The van der Waals surface area contributed by atoms with E-state index in [1.807, 2.05) is 6.92 Å². The second kappa shape index (κ2) is 9.99. The average Bonchev–Trinajstić information content (AvgIpc) is 3.23. The van der Waals surface area contributed by atoms with Crippen LogP contribution in [0.1, 0.15) is 13.3 Å². The van der Waals surface area contributed by atoms with E-state index in [-0.39, 0.29) is 10.8 Å². The summed E-state index contributed by atoms with van der Waals surface area (Å²) in [5.41, 5.74) is -0.0843. The molecule has 3 aromatic rings. The molecule has 1 aliphatic rings. The molecule has 34 heavy (non-hydrogen) atoms. The molecule has 0 saturated carbocycles. The molecule has 0 amide bonds. The topological polar surface area (TPSA) is 98.8 Å². The highest BCUT2D eigenvalue weighted by molar-refractivity contribution is 9.10. The van der Waals surface area contributed by atoms with Crippen LogP contribution in [0.5, 0.6) is 23.1 Å². The fraction of sp³-hybridized carbons (Fsp3) is 0.261. The summed E-state index contributed by atoms with van der Waals surface area (Å²) in [6.07, 6.45) is 2.05. The van der Waals surface area contributed by atoms with Gasteiger partial charge in [-0.15, -0.1) is 0 Å². The first kappa shape index (κ1) is 24.6. The smallest absolute Gasteiger partial charge is 0.263 e. The molecule has 1 saturated heterocycles. The van der Waals surface area contributed by atoms with Crippen molar-refractivity contribution in [2.75, 3.05) is 24.9 Å². The first-order chi connectivity index (χ1) is 16.2. The molecule has 1 aliphatic heterocycles. The first-order valence-electron chi connectivity index (χ1n) is 10.4. The van der Waals surface area contributed by atoms with Crippen molar-refractivity contribution in [3.63, 3.8) is 0 Å². The van der Waals surface area contributed by atoms with E-state index in [0.29, 0.717) is 39.0 Å². The molecule has 1 atom stereocenters. The number of benzene rings is 2. The highest BCUT2D eigenvalue weighted by Crippen LogP contribution is 2.34. The van der Waals surface area contributed by atoms with Gasteiger partial charge in [-0.05, 0) is 71.9 Å². The SMILES string of the molecule is COc1ccc(Oc2ncc(S(=O)(=O)Nc3ccc(Cl)c(O[C@]4(C)CCNC4)c3)cc2Br)cc1. The maximum Gasteiger partial charge on any atom is 0.263 e. The van der Waals surface area contributed by atoms with E-state index in [1.165, 1.54) is 12.3 Å². The Bertz CT molecular complexity index is 1280. The number of nitrogens with zero attached hydrogens (tertiary/aromatic N) is 1. The van der Waals surface area contributed by atoms with E-state index in [2.05, 4.69) is 31.0 Å². The van der Waals surface area contributed by atoms with Crippen molar-refractivity contribution in [3.8, 4) is 23.1 Å². The molecule has 1 aromatic heterocycles. The quantitative estimate of drug-likeness (QED) is 0.384. The number of aromatic nitrogens is 1. The maximum absolute atomic E-state index is 13.0. The molecular weight excluding hydrogens is 546 g/mol. The van der Waals surface area contributed by atoms with Crippen molar-refractivity contribution in [2.45, 2.75) is 23.8 Å². The minimum Gasteiger partial charge on any atom is -0.497 e. The van der Waals surface area contributed by atoms with Crippen LogP contribution in [0.4, 0.5) is 5.69 Å². The van der Waals surface area contributed by atoms with Gasteiger partial charge in [0.25, 0.3) is 10.0 Å². The highest BCUT2D eigenvalue weighted by Gasteiger charge is 2.31. The molecule has 1 fully saturated rings. The van der Waals surface area contributed by atoms with E-state index in [4.69, 9.17) is 25.8 Å². The number of hydrogen-bond donors (Lipinski definition) is 2. The molecule has 0 unspecified atom stereocenters. The van der Waals surface area contributed by atoms with Crippen molar-refractivity contribution >= 4 is 43.2 Å². The van der Waals surface area contributed by atoms with Gasteiger partial charge in [0, 0.05) is 19.0 Å². The van der Waals surface area contributed by atoms with Crippen LogP contribution in [-0.4, -0.2) is 39.2 Å². The Balaban J connectivity index is 1.50. The molecule has 0 aliphatic carbocycles. The van der Waals surface area contributed by atoms with Gasteiger partial charge >= 0.3 is 0 Å². The van der Waals surface area contributed by atoms with Gasteiger partial charge in [-0.25, -0.2) is 13.4 Å². The van der Waals surface area contributed by atoms with Crippen LogP contribution in [0.2, 0.25) is 5.02 Å². The van der Waals surface area contributed by atoms with Gasteiger partial charge in [-0.3, -0.25) is 4.72 Å². The highest BCUT2D eigenvalue weighted by atomic mass is 79.9. The van der Waals surface area contributed by atoms with E-state index in [0.717, 1.165) is 13.0 Å². The summed E-state index contributed by atoms with van der Waals surface area (Å²) in [6, 6.07) is 13.1. The largest absolute Gasteiger partial charge is 0.497 e. The zero-order chi connectivity index (χ0) is 24.3. The number of halogens is 2. The fourth-order valence-electron chi connectivity index (χ4n) is 3.39. The van der Waals surface area contributed by atoms with Gasteiger partial charge in [-0.2, -0.15) is 0 Å². The molecule has 4 rings (SSSR count). The summed E-state index contributed by atoms with van der Waals surface area (Å²) in [5, 5.41) is 3.65. The molecule has 0 spiro atoms. The summed E-state index contributed by atoms with van der Waals surface area (Å²) in [4.78, 5) is 4.12. The second-order valence-electron chi connectivity index (χ2n) is 7.97. The Kier molecular flexibility index (Phi) is 7.22. The van der Waals surface area contributed by atoms with E-state index >= 15 is 0 Å². The number of methoxy groups -OCH3 is 1. The normalized spacial score (nSPS) is 17.9. The molecule has 0 radical (unpaired) electrons. The molecule has 180 valence electrons. The lowest BCUT2D eigenvalue weighted by Gasteiger charge is -2.25. The van der Waals surface area contributed by atoms with Gasteiger partial charge < -0.3 is 19.5 Å². The monoisotopic (exact) mass is 567 g/mol. The van der Waals surface area contributed by atoms with E-state index in [9.17, 15) is 8.42 Å². The average molecular weight is 569 g/mol. The van der Waals surface area contributed by atoms with Crippen molar-refractivity contribution in [1.29, 1.82) is 0 Å². The van der Waals surface area contributed by atoms with Crippen LogP contribution < -0.4 is 24.2 Å². The standard InChI is InChI=1S/C23H23BrClN3O5S/c1-23(9-10-26-14-23)33-21-11-15(3-8-20(21)25)28-34(29,30)18-12-19(24)22(27-13-18)32-17-6-4-16(31-2)5-7-17/h3-8,11-13,26,28H,9-10,14H2,1-2H3/t23-/m1/s1. The van der Waals surface area contributed by atoms with Crippen molar-refractivity contribution in [3.05, 3.63) is 64.2 Å². The molecule has 2 aromatic carbocycles. The minimum atomic E-state index is -3.93. The first-order valence-corrected chi connectivity index (χ1v) is 13.0. The van der Waals surface area contributed by atoms with Gasteiger partial charge in [0.2, 0.25) is 5.88 Å². The zero-order valence-corrected chi connectivity index (χ0v) is 21.6. The van der Waals surface area contributed by atoms with E-state index < -0.39 is 15.6 Å². The van der Waals surface area contributed by atoms with Gasteiger partial charge in [-0.1, -0.05) is 11.6 Å². The maximum atomic E-state index is 13.0. The third-order valence-corrected chi connectivity index (χ3v) is 7.46. The summed E-state index contributed by atoms with van der Waals surface area (Å²) in [5.74, 6) is 1.86. The molecule has 2 heterocycles. The lowest BCUT2D eigenvalue weighted by molar-refractivity contribution is 0.111. The molecule has 2 N–H and O–H groups in total. The predicted octanol–water partition coefficient (Wildman–Crippen LogP) is 5.23. The number of ether oxygens (including phenoxy) is 3. The number of anilines is 1. The Hall–Kier alpha value is -2.53. The number of hydrogen-bond acceptors (Lipinski definition) is 7. The third kappa shape index (κ3) is 5.75. The minimum absolute atomic E-state index is 0.0363. The van der Waals surface area contributed by atoms with E-state index in [1.54, 1.807) is 49.6 Å². The van der Waals surface area contributed by atoms with Crippen LogP contribution in [-0.2, 0) is 10.0 Å². The van der Waals surface area contributed by atoms with Crippen LogP contribution >= 0.6 is 27.5 Å². The third-order valence-electron chi connectivity index (χ3n) is 5.24. The van der Waals surface area contributed by atoms with Crippen molar-refractivity contribution < 1.29 is 22.6 Å². The Morgan fingerprint density at radius 1 is 1.15 bits per heavy atom. The summed E-state index contributed by atoms with van der Waals surface area (Å²) in [7, 11) is -2.36. The van der Waals surface area contributed by atoms with Gasteiger partial charge in [0.15, 0.2) is 0 Å². The number of rotatable bonds is 8. The van der Waals surface area contributed by atoms with Crippen LogP contribution in [0.15, 0.2) is 64.1 Å². The lowest BCUT2D eigenvalue weighted by Crippen LogP contribution is -2.34. The molecule has 8 nitrogen and oxygen atoms in total. The predicted molar refractivity (Wildman–Crippen MR) is 134 cm³/mol. The van der Waals surface area contributed by atoms with Crippen LogP contribution in [0, 0.1) is 0 Å². The Morgan fingerprint density at radius 3 is 2.53 bits per heavy atom. The zero-order valence-electron chi connectivity index (χ0n) is 18.5.